The number of hydrogen-bond acceptors (Lipinski definition) is 3. The van der Waals surface area contributed by atoms with Gasteiger partial charge in [-0.05, 0) is 51.4 Å². The lowest BCUT2D eigenvalue weighted by molar-refractivity contribution is -0.151. The van der Waals surface area contributed by atoms with Gasteiger partial charge in [-0.15, -0.1) is 0 Å². The summed E-state index contributed by atoms with van der Waals surface area (Å²) < 4.78 is 5.14. The lowest BCUT2D eigenvalue weighted by Crippen LogP contribution is -2.46. The van der Waals surface area contributed by atoms with Crippen molar-refractivity contribution < 1.29 is 14.3 Å². The maximum absolute atomic E-state index is 12.5. The topological polar surface area (TPSA) is 55.4 Å². The van der Waals surface area contributed by atoms with Gasteiger partial charge in [0.1, 0.15) is 6.04 Å². The van der Waals surface area contributed by atoms with Crippen LogP contribution in [0.5, 0.6) is 0 Å². The minimum Gasteiger partial charge on any atom is -0.461 e. The largest absolute Gasteiger partial charge is 0.461 e. The van der Waals surface area contributed by atoms with Crippen molar-refractivity contribution in [2.24, 2.45) is 23.7 Å². The number of amides is 1. The van der Waals surface area contributed by atoms with Crippen LogP contribution < -0.4 is 5.32 Å². The second kappa shape index (κ2) is 7.81. The SMILES string of the molecule is CC(C)OC(=O)C(C)NC(=O)[C@@H]1C[C@H](C)CC[C@H]1C(C)C. The van der Waals surface area contributed by atoms with Gasteiger partial charge in [-0.2, -0.15) is 0 Å². The molecule has 4 atom stereocenters. The van der Waals surface area contributed by atoms with Crippen LogP contribution in [0.4, 0.5) is 0 Å². The molecule has 0 bridgehead atoms. The average Bonchev–Trinajstić information content (AvgIpc) is 2.37. The minimum atomic E-state index is -0.579. The van der Waals surface area contributed by atoms with Crippen LogP contribution in [0.2, 0.25) is 0 Å². The predicted molar refractivity (Wildman–Crippen MR) is 83.7 cm³/mol. The van der Waals surface area contributed by atoms with Gasteiger partial charge in [-0.1, -0.05) is 27.2 Å². The summed E-state index contributed by atoms with van der Waals surface area (Å²) >= 11 is 0. The zero-order valence-electron chi connectivity index (χ0n) is 14.3. The molecule has 0 saturated heterocycles. The van der Waals surface area contributed by atoms with Crippen LogP contribution in [0.15, 0.2) is 0 Å². The van der Waals surface area contributed by atoms with Crippen molar-refractivity contribution in [2.45, 2.75) is 73.0 Å². The van der Waals surface area contributed by atoms with Crippen molar-refractivity contribution in [1.29, 1.82) is 0 Å². The normalized spacial score (nSPS) is 27.5. The first-order chi connectivity index (χ1) is 9.72. The molecular formula is C17H31NO3. The van der Waals surface area contributed by atoms with Crippen molar-refractivity contribution in [3.05, 3.63) is 0 Å². The minimum absolute atomic E-state index is 0.00783. The zero-order chi connectivity index (χ0) is 16.2. The molecular weight excluding hydrogens is 266 g/mol. The van der Waals surface area contributed by atoms with Crippen LogP contribution in [-0.2, 0) is 14.3 Å². The summed E-state index contributed by atoms with van der Waals surface area (Å²) in [4.78, 5) is 24.4. The number of nitrogens with one attached hydrogen (secondary N) is 1. The van der Waals surface area contributed by atoms with E-state index in [2.05, 4.69) is 26.1 Å². The summed E-state index contributed by atoms with van der Waals surface area (Å²) in [5.74, 6) is 1.15. The van der Waals surface area contributed by atoms with Crippen molar-refractivity contribution >= 4 is 11.9 Å². The summed E-state index contributed by atoms with van der Waals surface area (Å²) in [7, 11) is 0. The Morgan fingerprint density at radius 2 is 1.71 bits per heavy atom. The standard InChI is InChI=1S/C17H31NO3/c1-10(2)14-8-7-12(5)9-15(14)16(19)18-13(6)17(20)21-11(3)4/h10-15H,7-9H2,1-6H3,(H,18,19)/t12-,13?,14+,15-/m1/s1. The van der Waals surface area contributed by atoms with E-state index in [1.54, 1.807) is 6.92 Å². The molecule has 0 aromatic heterocycles. The number of carbonyl (C=O) groups excluding carboxylic acids is 2. The molecule has 1 fully saturated rings. The molecule has 4 heteroatoms. The van der Waals surface area contributed by atoms with Gasteiger partial charge >= 0.3 is 5.97 Å². The Hall–Kier alpha value is -1.06. The summed E-state index contributed by atoms with van der Waals surface area (Å²) in [6, 6.07) is -0.579. The van der Waals surface area contributed by atoms with Crippen LogP contribution >= 0.6 is 0 Å². The molecule has 0 radical (unpaired) electrons. The Morgan fingerprint density at radius 3 is 2.24 bits per heavy atom. The van der Waals surface area contributed by atoms with Crippen LogP contribution in [-0.4, -0.2) is 24.0 Å². The Kier molecular flexibility index (Phi) is 6.69. The van der Waals surface area contributed by atoms with E-state index >= 15 is 0 Å². The molecule has 122 valence electrons. The highest BCUT2D eigenvalue weighted by molar-refractivity contribution is 5.85. The van der Waals surface area contributed by atoms with E-state index in [1.165, 1.54) is 6.42 Å². The molecule has 1 aliphatic rings. The van der Waals surface area contributed by atoms with Gasteiger partial charge in [-0.25, -0.2) is 4.79 Å². The third-order valence-electron chi connectivity index (χ3n) is 4.42. The summed E-state index contributed by atoms with van der Waals surface area (Å²) in [6.07, 6.45) is 3.05. The van der Waals surface area contributed by atoms with Gasteiger partial charge in [0.05, 0.1) is 6.10 Å². The third-order valence-corrected chi connectivity index (χ3v) is 4.42. The number of rotatable bonds is 5. The summed E-state index contributed by atoms with van der Waals surface area (Å²) in [5, 5.41) is 2.85. The van der Waals surface area contributed by atoms with Crippen LogP contribution in [0.25, 0.3) is 0 Å². The first kappa shape index (κ1) is 18.0. The van der Waals surface area contributed by atoms with Gasteiger partial charge in [0, 0.05) is 5.92 Å². The molecule has 1 saturated carbocycles. The Bertz CT molecular complexity index is 365. The van der Waals surface area contributed by atoms with Gasteiger partial charge in [0.25, 0.3) is 0 Å². The smallest absolute Gasteiger partial charge is 0.328 e. The molecule has 1 unspecified atom stereocenters. The number of carbonyl (C=O) groups is 2. The first-order valence-corrected chi connectivity index (χ1v) is 8.23. The fourth-order valence-corrected chi connectivity index (χ4v) is 3.22. The Morgan fingerprint density at radius 1 is 1.10 bits per heavy atom. The summed E-state index contributed by atoms with van der Waals surface area (Å²) in [6.45, 7) is 11.9. The second-order valence-corrected chi connectivity index (χ2v) is 7.15. The van der Waals surface area contributed by atoms with Crippen molar-refractivity contribution in [3.8, 4) is 0 Å². The van der Waals surface area contributed by atoms with E-state index in [-0.39, 0.29) is 23.9 Å². The monoisotopic (exact) mass is 297 g/mol. The van der Waals surface area contributed by atoms with E-state index in [1.807, 2.05) is 13.8 Å². The number of esters is 1. The summed E-state index contributed by atoms with van der Waals surface area (Å²) in [5.41, 5.74) is 0. The van der Waals surface area contributed by atoms with Crippen LogP contribution in [0.1, 0.15) is 60.8 Å². The lowest BCUT2D eigenvalue weighted by atomic mass is 9.69. The molecule has 0 heterocycles. The molecule has 0 aliphatic heterocycles. The Labute approximate surface area is 129 Å². The maximum atomic E-state index is 12.5. The highest BCUT2D eigenvalue weighted by Crippen LogP contribution is 2.38. The number of hydrogen-bond donors (Lipinski definition) is 1. The van der Waals surface area contributed by atoms with Crippen molar-refractivity contribution in [3.63, 3.8) is 0 Å². The van der Waals surface area contributed by atoms with E-state index in [4.69, 9.17) is 4.74 Å². The maximum Gasteiger partial charge on any atom is 0.328 e. The molecule has 21 heavy (non-hydrogen) atoms. The lowest BCUT2D eigenvalue weighted by Gasteiger charge is -2.36. The van der Waals surface area contributed by atoms with E-state index in [0.29, 0.717) is 17.8 Å². The van der Waals surface area contributed by atoms with Crippen molar-refractivity contribution in [1.82, 2.24) is 5.32 Å². The highest BCUT2D eigenvalue weighted by Gasteiger charge is 2.36. The van der Waals surface area contributed by atoms with Gasteiger partial charge in [0.15, 0.2) is 0 Å². The highest BCUT2D eigenvalue weighted by atomic mass is 16.5. The molecule has 1 rings (SSSR count). The molecule has 4 nitrogen and oxygen atoms in total. The van der Waals surface area contributed by atoms with Crippen LogP contribution in [0, 0.1) is 23.7 Å². The molecule has 1 aliphatic carbocycles. The van der Waals surface area contributed by atoms with Crippen molar-refractivity contribution in [2.75, 3.05) is 0 Å². The van der Waals surface area contributed by atoms with E-state index < -0.39 is 6.04 Å². The van der Waals surface area contributed by atoms with Gasteiger partial charge < -0.3 is 10.1 Å². The quantitative estimate of drug-likeness (QED) is 0.793. The van der Waals surface area contributed by atoms with E-state index in [0.717, 1.165) is 12.8 Å². The molecule has 1 amide bonds. The van der Waals surface area contributed by atoms with Crippen LogP contribution in [0.3, 0.4) is 0 Å². The van der Waals surface area contributed by atoms with Gasteiger partial charge in [-0.3, -0.25) is 4.79 Å². The third kappa shape index (κ3) is 5.33. The van der Waals surface area contributed by atoms with E-state index in [9.17, 15) is 9.59 Å². The fourth-order valence-electron chi connectivity index (χ4n) is 3.22. The first-order valence-electron chi connectivity index (χ1n) is 8.23. The second-order valence-electron chi connectivity index (χ2n) is 7.15. The zero-order valence-corrected chi connectivity index (χ0v) is 14.3. The average molecular weight is 297 g/mol. The fraction of sp³-hybridized carbons (Fsp3) is 0.882. The predicted octanol–water partition coefficient (Wildman–Crippen LogP) is 3.15. The number of ether oxygens (including phenoxy) is 1. The Balaban J connectivity index is 2.64. The molecule has 0 aromatic carbocycles. The molecule has 0 aromatic rings. The molecule has 1 N–H and O–H groups in total. The molecule has 0 spiro atoms. The van der Waals surface area contributed by atoms with Gasteiger partial charge in [0.2, 0.25) is 5.91 Å².